The first-order chi connectivity index (χ1) is 15.0. The molecule has 0 aromatic heterocycles. The van der Waals surface area contributed by atoms with Crippen LogP contribution in [0.15, 0.2) is 65.8 Å². The quantitative estimate of drug-likeness (QED) is 0.400. The number of benzene rings is 3. The molecule has 0 bridgehead atoms. The first-order valence-corrected chi connectivity index (χ1v) is 9.64. The summed E-state index contributed by atoms with van der Waals surface area (Å²) in [6, 6.07) is 17.1. The van der Waals surface area contributed by atoms with Gasteiger partial charge in [0.25, 0.3) is 5.91 Å². The Kier molecular flexibility index (Phi) is 7.35. The summed E-state index contributed by atoms with van der Waals surface area (Å²) in [6.45, 7) is 0.297. The van der Waals surface area contributed by atoms with Crippen LogP contribution in [-0.4, -0.2) is 31.4 Å². The van der Waals surface area contributed by atoms with E-state index in [0.29, 0.717) is 34.4 Å². The zero-order valence-corrected chi connectivity index (χ0v) is 17.7. The van der Waals surface area contributed by atoms with Crippen molar-refractivity contribution in [3.63, 3.8) is 0 Å². The molecule has 2 N–H and O–H groups in total. The Labute approximate surface area is 184 Å². The van der Waals surface area contributed by atoms with Crippen LogP contribution < -0.4 is 19.6 Å². The summed E-state index contributed by atoms with van der Waals surface area (Å²) >= 11 is 6.16. The number of hydrogen-bond donors (Lipinski definition) is 2. The van der Waals surface area contributed by atoms with Gasteiger partial charge in [-0.15, -0.1) is 0 Å². The van der Waals surface area contributed by atoms with Gasteiger partial charge < -0.3 is 19.3 Å². The normalized spacial score (nSPS) is 10.7. The lowest BCUT2D eigenvalue weighted by Crippen LogP contribution is -2.17. The third-order valence-electron chi connectivity index (χ3n) is 4.36. The average Bonchev–Trinajstić information content (AvgIpc) is 2.78. The number of nitrogens with one attached hydrogen (secondary N) is 1. The molecule has 0 spiro atoms. The van der Waals surface area contributed by atoms with Crippen molar-refractivity contribution in [3.05, 3.63) is 82.4 Å². The van der Waals surface area contributed by atoms with E-state index in [0.717, 1.165) is 5.56 Å². The van der Waals surface area contributed by atoms with Crippen LogP contribution in [0.1, 0.15) is 21.5 Å². The smallest absolute Gasteiger partial charge is 0.275 e. The van der Waals surface area contributed by atoms with Gasteiger partial charge in [-0.1, -0.05) is 29.8 Å². The maximum Gasteiger partial charge on any atom is 0.275 e. The van der Waals surface area contributed by atoms with Gasteiger partial charge >= 0.3 is 0 Å². The van der Waals surface area contributed by atoms with Gasteiger partial charge in [0.2, 0.25) is 0 Å². The number of nitrogens with zero attached hydrogens (tertiary/aromatic N) is 1. The number of aromatic hydroxyl groups is 1. The summed E-state index contributed by atoms with van der Waals surface area (Å²) in [7, 11) is 3.01. The second-order valence-corrected chi connectivity index (χ2v) is 6.78. The average molecular weight is 441 g/mol. The number of hydrogen-bond acceptors (Lipinski definition) is 6. The molecule has 7 nitrogen and oxygen atoms in total. The van der Waals surface area contributed by atoms with Crippen LogP contribution in [0.4, 0.5) is 0 Å². The minimum absolute atomic E-state index is 0.0823. The van der Waals surface area contributed by atoms with Crippen LogP contribution >= 0.6 is 11.6 Å². The molecule has 0 saturated heterocycles. The lowest BCUT2D eigenvalue weighted by atomic mass is 10.2. The number of carbonyl (C=O) groups excluding carboxylic acids is 1. The van der Waals surface area contributed by atoms with Crippen molar-refractivity contribution in [1.82, 2.24) is 5.43 Å². The highest BCUT2D eigenvalue weighted by Crippen LogP contribution is 2.29. The highest BCUT2D eigenvalue weighted by atomic mass is 35.5. The predicted molar refractivity (Wildman–Crippen MR) is 118 cm³/mol. The number of amides is 1. The van der Waals surface area contributed by atoms with Gasteiger partial charge in [-0.25, -0.2) is 5.43 Å². The molecule has 3 aromatic rings. The monoisotopic (exact) mass is 440 g/mol. The lowest BCUT2D eigenvalue weighted by molar-refractivity contribution is 0.0952. The molecular weight excluding hydrogens is 420 g/mol. The molecule has 3 aromatic carbocycles. The zero-order chi connectivity index (χ0) is 22.2. The second-order valence-electron chi connectivity index (χ2n) is 6.37. The highest BCUT2D eigenvalue weighted by molar-refractivity contribution is 6.31. The minimum Gasteiger partial charge on any atom is -0.507 e. The fraction of sp³-hybridized carbons (Fsp3) is 0.130. The second kappa shape index (κ2) is 10.4. The van der Waals surface area contributed by atoms with Crippen molar-refractivity contribution < 1.29 is 24.1 Å². The number of rotatable bonds is 8. The molecule has 0 aliphatic carbocycles. The van der Waals surface area contributed by atoms with Crippen molar-refractivity contribution in [1.29, 1.82) is 0 Å². The Morgan fingerprint density at radius 2 is 1.87 bits per heavy atom. The number of phenolic OH excluding ortho intramolecular Hbond substituents is 1. The van der Waals surface area contributed by atoms with E-state index < -0.39 is 5.91 Å². The Morgan fingerprint density at radius 3 is 2.58 bits per heavy atom. The highest BCUT2D eigenvalue weighted by Gasteiger charge is 2.11. The van der Waals surface area contributed by atoms with Crippen LogP contribution in [0.25, 0.3) is 0 Å². The van der Waals surface area contributed by atoms with E-state index in [2.05, 4.69) is 10.5 Å². The molecule has 8 heteroatoms. The molecule has 31 heavy (non-hydrogen) atoms. The van der Waals surface area contributed by atoms with Crippen LogP contribution in [-0.2, 0) is 6.61 Å². The van der Waals surface area contributed by atoms with Gasteiger partial charge in [-0.2, -0.15) is 5.10 Å². The maximum atomic E-state index is 12.2. The van der Waals surface area contributed by atoms with E-state index in [9.17, 15) is 9.90 Å². The number of phenols is 1. The van der Waals surface area contributed by atoms with Crippen LogP contribution in [0.3, 0.4) is 0 Å². The molecule has 0 atom stereocenters. The van der Waals surface area contributed by atoms with E-state index in [1.54, 1.807) is 30.3 Å². The Bertz CT molecular complexity index is 1100. The summed E-state index contributed by atoms with van der Waals surface area (Å²) in [5, 5.41) is 14.5. The molecule has 1 amide bonds. The summed E-state index contributed by atoms with van der Waals surface area (Å²) in [6.07, 6.45) is 1.46. The molecular formula is C23H21ClN2O5. The maximum absolute atomic E-state index is 12.2. The van der Waals surface area contributed by atoms with Gasteiger partial charge in [0.1, 0.15) is 18.1 Å². The summed E-state index contributed by atoms with van der Waals surface area (Å²) < 4.78 is 16.2. The fourth-order valence-corrected chi connectivity index (χ4v) is 2.90. The SMILES string of the molecule is COc1ccc(C(=O)N/N=C\c2ccc(OCc3ccccc3Cl)c(OC)c2)c(O)c1. The minimum atomic E-state index is -0.553. The fourth-order valence-electron chi connectivity index (χ4n) is 2.71. The standard InChI is InChI=1S/C23H21ClN2O5/c1-29-17-8-9-18(20(27)12-17)23(28)26-25-13-15-7-10-21(22(11-15)30-2)31-14-16-5-3-4-6-19(16)24/h3-13,27H,14H2,1-2H3,(H,26,28)/b25-13-. The van der Waals surface area contributed by atoms with Gasteiger partial charge in [0.05, 0.1) is 26.0 Å². The van der Waals surface area contributed by atoms with Gasteiger partial charge in [-0.05, 0) is 42.0 Å². The number of carbonyl (C=O) groups is 1. The van der Waals surface area contributed by atoms with Crippen LogP contribution in [0.2, 0.25) is 5.02 Å². The number of ether oxygens (including phenoxy) is 3. The molecule has 0 heterocycles. The van der Waals surface area contributed by atoms with E-state index in [1.807, 2.05) is 18.2 Å². The van der Waals surface area contributed by atoms with E-state index in [4.69, 9.17) is 25.8 Å². The molecule has 0 aliphatic rings. The molecule has 0 aliphatic heterocycles. The van der Waals surface area contributed by atoms with E-state index >= 15 is 0 Å². The number of hydrazone groups is 1. The van der Waals surface area contributed by atoms with E-state index in [-0.39, 0.29) is 11.3 Å². The third kappa shape index (κ3) is 5.67. The third-order valence-corrected chi connectivity index (χ3v) is 4.73. The molecule has 3 rings (SSSR count). The van der Waals surface area contributed by atoms with Crippen molar-refractivity contribution in [2.24, 2.45) is 5.10 Å². The number of methoxy groups -OCH3 is 2. The zero-order valence-electron chi connectivity index (χ0n) is 17.0. The van der Waals surface area contributed by atoms with Crippen molar-refractivity contribution in [2.45, 2.75) is 6.61 Å². The summed E-state index contributed by atoms with van der Waals surface area (Å²) in [5.41, 5.74) is 4.00. The Hall–Kier alpha value is -3.71. The topological polar surface area (TPSA) is 89.4 Å². The van der Waals surface area contributed by atoms with Gasteiger partial charge in [0.15, 0.2) is 11.5 Å². The van der Waals surface area contributed by atoms with E-state index in [1.165, 1.54) is 32.6 Å². The Morgan fingerprint density at radius 1 is 1.06 bits per heavy atom. The lowest BCUT2D eigenvalue weighted by Gasteiger charge is -2.12. The summed E-state index contributed by atoms with van der Waals surface area (Å²) in [5.74, 6) is 0.750. The van der Waals surface area contributed by atoms with Crippen LogP contribution in [0, 0.1) is 0 Å². The van der Waals surface area contributed by atoms with Crippen molar-refractivity contribution in [3.8, 4) is 23.0 Å². The number of halogens is 1. The van der Waals surface area contributed by atoms with Crippen molar-refractivity contribution in [2.75, 3.05) is 14.2 Å². The summed E-state index contributed by atoms with van der Waals surface area (Å²) in [4.78, 5) is 12.2. The van der Waals surface area contributed by atoms with Gasteiger partial charge in [0, 0.05) is 16.7 Å². The van der Waals surface area contributed by atoms with Gasteiger partial charge in [-0.3, -0.25) is 4.79 Å². The van der Waals surface area contributed by atoms with Crippen LogP contribution in [0.5, 0.6) is 23.0 Å². The predicted octanol–water partition coefficient (Wildman–Crippen LogP) is 4.41. The van der Waals surface area contributed by atoms with Crippen molar-refractivity contribution >= 4 is 23.7 Å². The Balaban J connectivity index is 1.64. The molecule has 0 saturated carbocycles. The molecule has 0 radical (unpaired) electrons. The first-order valence-electron chi connectivity index (χ1n) is 9.26. The molecule has 160 valence electrons. The molecule has 0 unspecified atom stereocenters. The largest absolute Gasteiger partial charge is 0.507 e. The molecule has 0 fully saturated rings. The first kappa shape index (κ1) is 22.0.